The van der Waals surface area contributed by atoms with Gasteiger partial charge >= 0.3 is 6.61 Å². The summed E-state index contributed by atoms with van der Waals surface area (Å²) in [5.41, 5.74) is 5.49. The fourth-order valence-electron chi connectivity index (χ4n) is 2.74. The number of para-hydroxylation sites is 2. The predicted octanol–water partition coefficient (Wildman–Crippen LogP) is 1.81. The number of rotatable bonds is 6. The first-order valence-electron chi connectivity index (χ1n) is 7.76. The summed E-state index contributed by atoms with van der Waals surface area (Å²) in [5.74, 6) is -0.875. The van der Waals surface area contributed by atoms with Gasteiger partial charge in [0.15, 0.2) is 0 Å². The molecule has 1 aromatic carbocycles. The number of anilines is 1. The van der Waals surface area contributed by atoms with E-state index in [0.29, 0.717) is 25.9 Å². The molecule has 0 unspecified atom stereocenters. The normalized spacial score (nSPS) is 17.5. The van der Waals surface area contributed by atoms with Gasteiger partial charge in [-0.05, 0) is 45.0 Å². The van der Waals surface area contributed by atoms with Crippen LogP contribution >= 0.6 is 0 Å². The molecule has 0 aromatic heterocycles. The largest absolute Gasteiger partial charge is 0.433 e. The van der Waals surface area contributed by atoms with Gasteiger partial charge in [-0.25, -0.2) is 0 Å². The molecule has 1 heterocycles. The molecule has 0 aliphatic carbocycles. The Bertz CT molecular complexity index is 590. The smallest absolute Gasteiger partial charge is 0.387 e. The van der Waals surface area contributed by atoms with Crippen molar-refractivity contribution in [3.05, 3.63) is 24.3 Å². The van der Waals surface area contributed by atoms with Gasteiger partial charge in [0.25, 0.3) is 0 Å². The van der Waals surface area contributed by atoms with Crippen LogP contribution in [0.15, 0.2) is 24.3 Å². The number of carbonyl (C=O) groups is 2. The van der Waals surface area contributed by atoms with Crippen LogP contribution < -0.4 is 15.8 Å². The number of halogens is 2. The van der Waals surface area contributed by atoms with Crippen LogP contribution in [0.2, 0.25) is 0 Å². The van der Waals surface area contributed by atoms with Crippen LogP contribution in [-0.2, 0) is 9.59 Å². The summed E-state index contributed by atoms with van der Waals surface area (Å²) in [4.78, 5) is 25.5. The van der Waals surface area contributed by atoms with Gasteiger partial charge in [-0.3, -0.25) is 14.5 Å². The van der Waals surface area contributed by atoms with Gasteiger partial charge in [-0.15, -0.1) is 0 Å². The molecule has 1 fully saturated rings. The maximum absolute atomic E-state index is 12.4. The van der Waals surface area contributed by atoms with Gasteiger partial charge in [0.05, 0.1) is 11.7 Å². The van der Waals surface area contributed by atoms with Crippen molar-refractivity contribution in [1.29, 1.82) is 0 Å². The molecule has 3 N–H and O–H groups in total. The van der Waals surface area contributed by atoms with E-state index in [2.05, 4.69) is 10.1 Å². The van der Waals surface area contributed by atoms with Crippen molar-refractivity contribution >= 4 is 17.5 Å². The SMILES string of the molecule is C[C@@H](C(=O)Nc1ccccc1OC(F)F)N1CCC(C(N)=O)CC1. The zero-order valence-corrected chi connectivity index (χ0v) is 13.4. The molecule has 2 amide bonds. The Morgan fingerprint density at radius 1 is 1.29 bits per heavy atom. The fourth-order valence-corrected chi connectivity index (χ4v) is 2.74. The lowest BCUT2D eigenvalue weighted by Crippen LogP contribution is -2.47. The number of alkyl halides is 2. The standard InChI is InChI=1S/C16H21F2N3O3/c1-10(21-8-6-11(7-9-21)14(19)22)15(23)20-12-4-2-3-5-13(12)24-16(17)18/h2-5,10-11,16H,6-9H2,1H3,(H2,19,22)(H,20,23)/t10-/m0/s1. The molecule has 1 aliphatic rings. The van der Waals surface area contributed by atoms with Gasteiger partial charge in [0, 0.05) is 5.92 Å². The van der Waals surface area contributed by atoms with Gasteiger partial charge < -0.3 is 15.8 Å². The van der Waals surface area contributed by atoms with Crippen molar-refractivity contribution in [3.63, 3.8) is 0 Å². The Morgan fingerprint density at radius 2 is 1.92 bits per heavy atom. The molecule has 1 atom stereocenters. The minimum atomic E-state index is -2.96. The molecule has 2 rings (SSSR count). The quantitative estimate of drug-likeness (QED) is 0.826. The highest BCUT2D eigenvalue weighted by Gasteiger charge is 2.29. The van der Waals surface area contributed by atoms with Crippen LogP contribution in [0, 0.1) is 5.92 Å². The topological polar surface area (TPSA) is 84.7 Å². The summed E-state index contributed by atoms with van der Waals surface area (Å²) >= 11 is 0. The Kier molecular flexibility index (Phi) is 6.08. The minimum Gasteiger partial charge on any atom is -0.433 e. The summed E-state index contributed by atoms with van der Waals surface area (Å²) in [6, 6.07) is 5.58. The fraction of sp³-hybridized carbons (Fsp3) is 0.500. The average molecular weight is 341 g/mol. The lowest BCUT2D eigenvalue weighted by atomic mass is 9.95. The first-order valence-corrected chi connectivity index (χ1v) is 7.76. The van der Waals surface area contributed by atoms with Crippen LogP contribution in [0.3, 0.4) is 0 Å². The van der Waals surface area contributed by atoms with Crippen LogP contribution in [-0.4, -0.2) is 42.5 Å². The van der Waals surface area contributed by atoms with E-state index in [1.54, 1.807) is 19.1 Å². The zero-order valence-electron chi connectivity index (χ0n) is 13.4. The number of nitrogens with zero attached hydrogens (tertiary/aromatic N) is 1. The maximum atomic E-state index is 12.4. The van der Waals surface area contributed by atoms with Crippen molar-refractivity contribution in [1.82, 2.24) is 4.90 Å². The summed E-state index contributed by atoms with van der Waals surface area (Å²) < 4.78 is 29.2. The van der Waals surface area contributed by atoms with Crippen LogP contribution in [0.4, 0.5) is 14.5 Å². The molecule has 6 nitrogen and oxygen atoms in total. The first-order chi connectivity index (χ1) is 11.4. The molecule has 0 spiro atoms. The number of hydrogen-bond acceptors (Lipinski definition) is 4. The average Bonchev–Trinajstić information content (AvgIpc) is 2.55. The number of nitrogens with two attached hydrogens (primary N) is 1. The number of amides is 2. The molecule has 132 valence electrons. The Balaban J connectivity index is 1.96. The second-order valence-corrected chi connectivity index (χ2v) is 5.75. The monoisotopic (exact) mass is 341 g/mol. The summed E-state index contributed by atoms with van der Waals surface area (Å²) in [6.07, 6.45) is 1.22. The number of primary amides is 1. The lowest BCUT2D eigenvalue weighted by molar-refractivity contribution is -0.124. The highest BCUT2D eigenvalue weighted by atomic mass is 19.3. The number of carbonyl (C=O) groups excluding carboxylic acids is 2. The van der Waals surface area contributed by atoms with Crippen molar-refractivity contribution in [2.75, 3.05) is 18.4 Å². The van der Waals surface area contributed by atoms with Gasteiger partial charge in [0.2, 0.25) is 11.8 Å². The van der Waals surface area contributed by atoms with Crippen molar-refractivity contribution in [2.24, 2.45) is 11.7 Å². The lowest BCUT2D eigenvalue weighted by Gasteiger charge is -2.34. The Hall–Kier alpha value is -2.22. The third-order valence-electron chi connectivity index (χ3n) is 4.22. The van der Waals surface area contributed by atoms with Crippen molar-refractivity contribution in [3.8, 4) is 5.75 Å². The highest BCUT2D eigenvalue weighted by molar-refractivity contribution is 5.95. The van der Waals surface area contributed by atoms with Gasteiger partial charge in [0.1, 0.15) is 5.75 Å². The highest BCUT2D eigenvalue weighted by Crippen LogP contribution is 2.26. The zero-order chi connectivity index (χ0) is 17.7. The van der Waals surface area contributed by atoms with Crippen LogP contribution in [0.1, 0.15) is 19.8 Å². The minimum absolute atomic E-state index is 0.0829. The van der Waals surface area contributed by atoms with Crippen LogP contribution in [0.25, 0.3) is 0 Å². The van der Waals surface area contributed by atoms with Gasteiger partial charge in [-0.2, -0.15) is 8.78 Å². The molecule has 1 saturated heterocycles. The van der Waals surface area contributed by atoms with Crippen molar-refractivity contribution in [2.45, 2.75) is 32.4 Å². The number of benzene rings is 1. The van der Waals surface area contributed by atoms with E-state index < -0.39 is 12.7 Å². The number of piperidine rings is 1. The van der Waals surface area contributed by atoms with E-state index in [9.17, 15) is 18.4 Å². The Labute approximate surface area is 138 Å². The summed E-state index contributed by atoms with van der Waals surface area (Å²) in [7, 11) is 0. The number of hydrogen-bond donors (Lipinski definition) is 2. The molecule has 1 aromatic rings. The first kappa shape index (κ1) is 18.1. The van der Waals surface area contributed by atoms with E-state index in [0.717, 1.165) is 0 Å². The van der Waals surface area contributed by atoms with Crippen LogP contribution in [0.5, 0.6) is 5.75 Å². The molecule has 24 heavy (non-hydrogen) atoms. The molecule has 1 aliphatic heterocycles. The second-order valence-electron chi connectivity index (χ2n) is 5.75. The number of nitrogens with one attached hydrogen (secondary N) is 1. The maximum Gasteiger partial charge on any atom is 0.387 e. The van der Waals surface area contributed by atoms with Crippen molar-refractivity contribution < 1.29 is 23.1 Å². The van der Waals surface area contributed by atoms with E-state index in [-0.39, 0.29) is 29.2 Å². The predicted molar refractivity (Wildman–Crippen MR) is 84.7 cm³/mol. The number of likely N-dealkylation sites (tertiary alicyclic amines) is 1. The number of ether oxygens (including phenoxy) is 1. The third-order valence-corrected chi connectivity index (χ3v) is 4.22. The third kappa shape index (κ3) is 4.64. The molecule has 8 heteroatoms. The molecule has 0 radical (unpaired) electrons. The Morgan fingerprint density at radius 3 is 2.50 bits per heavy atom. The van der Waals surface area contributed by atoms with E-state index in [1.807, 2.05) is 4.90 Å². The van der Waals surface area contributed by atoms with Gasteiger partial charge in [-0.1, -0.05) is 12.1 Å². The second kappa shape index (κ2) is 8.05. The summed E-state index contributed by atoms with van der Waals surface area (Å²) in [5, 5.41) is 2.62. The molecular formula is C16H21F2N3O3. The van der Waals surface area contributed by atoms with E-state index >= 15 is 0 Å². The van der Waals surface area contributed by atoms with E-state index in [4.69, 9.17) is 5.73 Å². The summed E-state index contributed by atoms with van der Waals surface area (Å²) in [6.45, 7) is -0.0704. The molecular weight excluding hydrogens is 320 g/mol. The van der Waals surface area contributed by atoms with E-state index in [1.165, 1.54) is 12.1 Å². The molecule has 0 saturated carbocycles. The molecule has 0 bridgehead atoms.